The molecule has 0 unspecified atom stereocenters. The number of hydrogen-bond donors (Lipinski definition) is 1. The molecule has 0 fully saturated rings. The molecule has 5 nitrogen and oxygen atoms in total. The van der Waals surface area contributed by atoms with Gasteiger partial charge in [0.05, 0.1) is 17.4 Å². The Balaban J connectivity index is 2.03. The van der Waals surface area contributed by atoms with Crippen LogP contribution in [0.5, 0.6) is 0 Å². The first-order valence-corrected chi connectivity index (χ1v) is 7.64. The normalized spacial score (nSPS) is 11.0. The summed E-state index contributed by atoms with van der Waals surface area (Å²) < 4.78 is 2.48. The molecule has 2 heterocycles. The maximum atomic E-state index is 11.2. The minimum atomic E-state index is -0.965. The van der Waals surface area contributed by atoms with Gasteiger partial charge in [0.25, 0.3) is 0 Å². The summed E-state index contributed by atoms with van der Waals surface area (Å²) in [7, 11) is 1.92. The molecule has 1 aromatic carbocycles. The van der Waals surface area contributed by atoms with Crippen molar-refractivity contribution >= 4 is 44.7 Å². The molecule has 0 spiro atoms. The number of fused-ring (bicyclic) bond motifs is 1. The van der Waals surface area contributed by atoms with E-state index in [0.29, 0.717) is 4.47 Å². The van der Waals surface area contributed by atoms with Gasteiger partial charge in [0.1, 0.15) is 10.5 Å². The molecular weight excluding hydrogens is 354 g/mol. The van der Waals surface area contributed by atoms with Crippen LogP contribution in [-0.2, 0) is 7.05 Å². The summed E-state index contributed by atoms with van der Waals surface area (Å²) >= 11 is 4.64. The largest absolute Gasteiger partial charge is 0.478 e. The Bertz CT molecular complexity index is 847. The van der Waals surface area contributed by atoms with Crippen molar-refractivity contribution in [2.24, 2.45) is 7.05 Å². The molecule has 0 amide bonds. The third-order valence-corrected chi connectivity index (χ3v) is 4.67. The first-order chi connectivity index (χ1) is 10.1. The summed E-state index contributed by atoms with van der Waals surface area (Å²) in [6.45, 7) is 0. The van der Waals surface area contributed by atoms with E-state index in [-0.39, 0.29) is 5.56 Å². The van der Waals surface area contributed by atoms with Gasteiger partial charge in [0.15, 0.2) is 0 Å². The first kappa shape index (κ1) is 14.1. The van der Waals surface area contributed by atoms with E-state index in [1.807, 2.05) is 23.7 Å². The second-order valence-electron chi connectivity index (χ2n) is 4.39. The van der Waals surface area contributed by atoms with Crippen LogP contribution in [0.3, 0.4) is 0 Å². The van der Waals surface area contributed by atoms with Gasteiger partial charge in [-0.05, 0) is 40.2 Å². The number of hydrogen-bond acceptors (Lipinski definition) is 4. The lowest BCUT2D eigenvalue weighted by Crippen LogP contribution is -1.97. The van der Waals surface area contributed by atoms with Crippen LogP contribution in [0.15, 0.2) is 51.2 Å². The van der Waals surface area contributed by atoms with Crippen LogP contribution >= 0.6 is 27.7 Å². The van der Waals surface area contributed by atoms with Crippen LogP contribution in [0.4, 0.5) is 0 Å². The van der Waals surface area contributed by atoms with E-state index in [0.717, 1.165) is 21.0 Å². The van der Waals surface area contributed by atoms with Crippen LogP contribution < -0.4 is 0 Å². The predicted molar refractivity (Wildman–Crippen MR) is 83.7 cm³/mol. The lowest BCUT2D eigenvalue weighted by molar-refractivity contribution is 0.0695. The number of pyridine rings is 1. The van der Waals surface area contributed by atoms with Crippen molar-refractivity contribution < 1.29 is 9.90 Å². The van der Waals surface area contributed by atoms with Crippen molar-refractivity contribution in [2.75, 3.05) is 0 Å². The van der Waals surface area contributed by atoms with Gasteiger partial charge in [-0.3, -0.25) is 0 Å². The number of nitrogens with zero attached hydrogens (tertiary/aromatic N) is 3. The van der Waals surface area contributed by atoms with Crippen molar-refractivity contribution in [3.05, 3.63) is 46.8 Å². The lowest BCUT2D eigenvalue weighted by Gasteiger charge is -2.05. The van der Waals surface area contributed by atoms with E-state index >= 15 is 0 Å². The maximum Gasteiger partial charge on any atom is 0.336 e. The van der Waals surface area contributed by atoms with Gasteiger partial charge in [-0.25, -0.2) is 14.8 Å². The van der Waals surface area contributed by atoms with Crippen LogP contribution in [0.25, 0.3) is 11.0 Å². The Morgan fingerprint density at radius 2 is 2.14 bits per heavy atom. The molecule has 21 heavy (non-hydrogen) atoms. The Hall–Kier alpha value is -1.86. The fourth-order valence-electron chi connectivity index (χ4n) is 1.96. The number of aryl methyl sites for hydroxylation is 1. The third-order valence-electron chi connectivity index (χ3n) is 2.99. The van der Waals surface area contributed by atoms with Gasteiger partial charge in [0, 0.05) is 22.6 Å². The third kappa shape index (κ3) is 2.66. The summed E-state index contributed by atoms with van der Waals surface area (Å²) in [5.41, 5.74) is 2.03. The van der Waals surface area contributed by atoms with E-state index in [2.05, 4.69) is 25.9 Å². The highest BCUT2D eigenvalue weighted by atomic mass is 79.9. The van der Waals surface area contributed by atoms with E-state index in [1.165, 1.54) is 11.8 Å². The SMILES string of the molecule is Cn1cnc2c(Sc3ccc(Br)c(C(=O)O)c3)nccc21. The molecule has 0 atom stereocenters. The van der Waals surface area contributed by atoms with E-state index in [1.54, 1.807) is 24.7 Å². The number of aromatic carboxylic acids is 1. The molecule has 0 aliphatic rings. The molecule has 1 N–H and O–H groups in total. The number of halogens is 1. The zero-order chi connectivity index (χ0) is 15.0. The van der Waals surface area contributed by atoms with E-state index in [9.17, 15) is 4.79 Å². The summed E-state index contributed by atoms with van der Waals surface area (Å²) in [6, 6.07) is 7.10. The molecule has 0 bridgehead atoms. The number of carbonyl (C=O) groups is 1. The Morgan fingerprint density at radius 3 is 2.90 bits per heavy atom. The fourth-order valence-corrected chi connectivity index (χ4v) is 3.28. The summed E-state index contributed by atoms with van der Waals surface area (Å²) in [5.74, 6) is -0.965. The number of imidazole rings is 1. The second kappa shape index (κ2) is 5.50. The van der Waals surface area contributed by atoms with Crippen LogP contribution in [-0.4, -0.2) is 25.6 Å². The summed E-state index contributed by atoms with van der Waals surface area (Å²) in [4.78, 5) is 20.7. The van der Waals surface area contributed by atoms with Gasteiger partial charge in [-0.2, -0.15) is 0 Å². The fraction of sp³-hybridized carbons (Fsp3) is 0.0714. The standard InChI is InChI=1S/C14H10BrN3O2S/c1-18-7-17-12-11(18)4-5-16-13(12)21-8-2-3-10(15)9(6-8)14(19)20/h2-7H,1H3,(H,19,20). The number of aromatic nitrogens is 3. The number of rotatable bonds is 3. The predicted octanol–water partition coefficient (Wildman–Crippen LogP) is 3.58. The molecule has 2 aromatic heterocycles. The van der Waals surface area contributed by atoms with E-state index in [4.69, 9.17) is 5.11 Å². The monoisotopic (exact) mass is 363 g/mol. The summed E-state index contributed by atoms with van der Waals surface area (Å²) in [6.07, 6.45) is 3.46. The Morgan fingerprint density at radius 1 is 1.33 bits per heavy atom. The van der Waals surface area contributed by atoms with Crippen molar-refractivity contribution in [3.8, 4) is 0 Å². The second-order valence-corrected chi connectivity index (χ2v) is 6.30. The molecular formula is C14H10BrN3O2S. The Kier molecular flexibility index (Phi) is 3.69. The minimum absolute atomic E-state index is 0.230. The maximum absolute atomic E-state index is 11.2. The van der Waals surface area contributed by atoms with Crippen LogP contribution in [0, 0.1) is 0 Å². The number of benzene rings is 1. The van der Waals surface area contributed by atoms with Gasteiger partial charge < -0.3 is 9.67 Å². The smallest absolute Gasteiger partial charge is 0.336 e. The quantitative estimate of drug-likeness (QED) is 0.770. The van der Waals surface area contributed by atoms with Gasteiger partial charge in [-0.15, -0.1) is 0 Å². The average Bonchev–Trinajstić information content (AvgIpc) is 2.84. The van der Waals surface area contributed by atoms with Gasteiger partial charge in [-0.1, -0.05) is 11.8 Å². The molecule has 0 aliphatic heterocycles. The van der Waals surface area contributed by atoms with Crippen molar-refractivity contribution in [1.82, 2.24) is 14.5 Å². The van der Waals surface area contributed by atoms with Crippen LogP contribution in [0.2, 0.25) is 0 Å². The average molecular weight is 364 g/mol. The highest BCUT2D eigenvalue weighted by molar-refractivity contribution is 9.10. The Labute approximate surface area is 133 Å². The first-order valence-electron chi connectivity index (χ1n) is 6.03. The molecule has 3 rings (SSSR count). The molecule has 7 heteroatoms. The molecule has 106 valence electrons. The topological polar surface area (TPSA) is 68.0 Å². The number of carboxylic acids is 1. The van der Waals surface area contributed by atoms with Crippen LogP contribution in [0.1, 0.15) is 10.4 Å². The molecule has 0 saturated heterocycles. The van der Waals surface area contributed by atoms with Crippen molar-refractivity contribution in [3.63, 3.8) is 0 Å². The molecule has 0 saturated carbocycles. The summed E-state index contributed by atoms with van der Waals surface area (Å²) in [5, 5.41) is 9.92. The molecule has 0 radical (unpaired) electrons. The van der Waals surface area contributed by atoms with Crippen molar-refractivity contribution in [1.29, 1.82) is 0 Å². The lowest BCUT2D eigenvalue weighted by atomic mass is 10.2. The zero-order valence-corrected chi connectivity index (χ0v) is 13.3. The van der Waals surface area contributed by atoms with Gasteiger partial charge in [0.2, 0.25) is 0 Å². The van der Waals surface area contributed by atoms with Crippen molar-refractivity contribution in [2.45, 2.75) is 9.92 Å². The number of carboxylic acid groups (broad SMARTS) is 1. The molecule has 0 aliphatic carbocycles. The minimum Gasteiger partial charge on any atom is -0.478 e. The van der Waals surface area contributed by atoms with E-state index < -0.39 is 5.97 Å². The highest BCUT2D eigenvalue weighted by Gasteiger charge is 2.12. The highest BCUT2D eigenvalue weighted by Crippen LogP contribution is 2.32. The van der Waals surface area contributed by atoms with Gasteiger partial charge >= 0.3 is 5.97 Å². The zero-order valence-electron chi connectivity index (χ0n) is 10.9. The molecule has 3 aromatic rings.